The molecule has 0 bridgehead atoms. The van der Waals surface area contributed by atoms with Gasteiger partial charge in [-0.15, -0.1) is 0 Å². The third kappa shape index (κ3) is 2.76. The van der Waals surface area contributed by atoms with Gasteiger partial charge in [-0.05, 0) is 12.1 Å². The molecule has 0 saturated heterocycles. The molecule has 0 fully saturated rings. The van der Waals surface area contributed by atoms with Crippen molar-refractivity contribution in [3.8, 4) is 0 Å². The number of carbonyl (C=O) groups is 1. The summed E-state index contributed by atoms with van der Waals surface area (Å²) in [7, 11) is 1.45. The summed E-state index contributed by atoms with van der Waals surface area (Å²) in [6, 6.07) is 1.68. The maximum Gasteiger partial charge on any atom is 0.333 e. The van der Waals surface area contributed by atoms with Crippen molar-refractivity contribution in [3.63, 3.8) is 0 Å². The van der Waals surface area contributed by atoms with Crippen LogP contribution in [0.2, 0.25) is 0 Å². The largest absolute Gasteiger partial charge is 0.478 e. The number of carboxylic acids is 1. The molecule has 0 saturated carbocycles. The quantitative estimate of drug-likeness (QED) is 0.715. The van der Waals surface area contributed by atoms with Crippen LogP contribution in [-0.4, -0.2) is 24.8 Å². The highest BCUT2D eigenvalue weighted by Gasteiger charge is 2.06. The van der Waals surface area contributed by atoms with Gasteiger partial charge in [-0.1, -0.05) is 0 Å². The number of furan rings is 1. The maximum absolute atomic E-state index is 10.6. The van der Waals surface area contributed by atoms with Crippen molar-refractivity contribution in [1.29, 1.82) is 0 Å². The Hall–Kier alpha value is -1.55. The zero-order chi connectivity index (χ0) is 9.68. The van der Waals surface area contributed by atoms with Crippen LogP contribution < -0.4 is 0 Å². The van der Waals surface area contributed by atoms with E-state index in [1.165, 1.54) is 25.7 Å². The van der Waals surface area contributed by atoms with E-state index in [2.05, 4.69) is 0 Å². The lowest BCUT2D eigenvalue weighted by molar-refractivity contribution is -0.133. The predicted molar refractivity (Wildman–Crippen MR) is 46.2 cm³/mol. The molecule has 0 amide bonds. The van der Waals surface area contributed by atoms with Gasteiger partial charge in [0.15, 0.2) is 0 Å². The summed E-state index contributed by atoms with van der Waals surface area (Å²) in [4.78, 5) is 10.6. The first-order valence-electron chi connectivity index (χ1n) is 3.69. The first-order valence-corrected chi connectivity index (χ1v) is 3.69. The molecule has 0 spiro atoms. The Morgan fingerprint density at radius 2 is 2.54 bits per heavy atom. The molecular formula is C9H10O4. The molecule has 1 N–H and O–H groups in total. The molecule has 13 heavy (non-hydrogen) atoms. The van der Waals surface area contributed by atoms with Gasteiger partial charge in [0.05, 0.1) is 24.7 Å². The molecular weight excluding hydrogens is 172 g/mol. The summed E-state index contributed by atoms with van der Waals surface area (Å²) >= 11 is 0. The van der Waals surface area contributed by atoms with Crippen LogP contribution in [0.4, 0.5) is 0 Å². The normalized spacial score (nSPS) is 11.6. The fraction of sp³-hybridized carbons (Fsp3) is 0.222. The molecule has 1 aromatic heterocycles. The zero-order valence-corrected chi connectivity index (χ0v) is 7.19. The van der Waals surface area contributed by atoms with E-state index in [4.69, 9.17) is 14.3 Å². The summed E-state index contributed by atoms with van der Waals surface area (Å²) in [6.07, 6.45) is 4.46. The van der Waals surface area contributed by atoms with Gasteiger partial charge in [-0.25, -0.2) is 4.79 Å². The second kappa shape index (κ2) is 4.47. The number of ether oxygens (including phenoxy) is 1. The van der Waals surface area contributed by atoms with Crippen molar-refractivity contribution in [2.24, 2.45) is 0 Å². The summed E-state index contributed by atoms with van der Waals surface area (Å²) < 4.78 is 9.53. The summed E-state index contributed by atoms with van der Waals surface area (Å²) in [5.41, 5.74) is 0.915. The molecule has 4 nitrogen and oxygen atoms in total. The van der Waals surface area contributed by atoms with E-state index in [-0.39, 0.29) is 12.2 Å². The van der Waals surface area contributed by atoms with Crippen molar-refractivity contribution < 1.29 is 19.1 Å². The minimum Gasteiger partial charge on any atom is -0.478 e. The van der Waals surface area contributed by atoms with E-state index in [9.17, 15) is 4.79 Å². The molecule has 0 unspecified atom stereocenters. The molecule has 1 rings (SSSR count). The first kappa shape index (κ1) is 9.54. The highest BCUT2D eigenvalue weighted by molar-refractivity contribution is 5.92. The minimum absolute atomic E-state index is 0.0838. The molecule has 0 aromatic carbocycles. The Morgan fingerprint density at radius 3 is 3.00 bits per heavy atom. The Morgan fingerprint density at radius 1 is 1.77 bits per heavy atom. The lowest BCUT2D eigenvalue weighted by Crippen LogP contribution is -2.06. The van der Waals surface area contributed by atoms with Gasteiger partial charge in [0.1, 0.15) is 0 Å². The molecule has 70 valence electrons. The van der Waals surface area contributed by atoms with Crippen LogP contribution in [0.1, 0.15) is 5.56 Å². The lowest BCUT2D eigenvalue weighted by atomic mass is 10.2. The maximum atomic E-state index is 10.6. The molecule has 1 aromatic rings. The van der Waals surface area contributed by atoms with Crippen LogP contribution in [-0.2, 0) is 9.53 Å². The number of hydrogen-bond donors (Lipinski definition) is 1. The van der Waals surface area contributed by atoms with E-state index in [1.54, 1.807) is 6.07 Å². The summed E-state index contributed by atoms with van der Waals surface area (Å²) in [5.74, 6) is -0.983. The monoisotopic (exact) mass is 182 g/mol. The Kier molecular flexibility index (Phi) is 3.28. The number of aliphatic carboxylic acids is 1. The summed E-state index contributed by atoms with van der Waals surface area (Å²) in [6.45, 7) is 0.0838. The van der Waals surface area contributed by atoms with Crippen LogP contribution in [0.25, 0.3) is 6.08 Å². The molecule has 0 radical (unpaired) electrons. The Labute approximate surface area is 75.4 Å². The van der Waals surface area contributed by atoms with Crippen molar-refractivity contribution in [2.45, 2.75) is 0 Å². The number of carboxylic acid groups (broad SMARTS) is 1. The fourth-order valence-corrected chi connectivity index (χ4v) is 0.879. The van der Waals surface area contributed by atoms with Gasteiger partial charge in [-0.3, -0.25) is 0 Å². The van der Waals surface area contributed by atoms with E-state index < -0.39 is 5.97 Å². The molecule has 0 atom stereocenters. The average Bonchev–Trinajstić information content (AvgIpc) is 2.56. The standard InChI is InChI=1S/C9H10O4/c1-12-6-8(9(10)11)4-7-2-3-13-5-7/h2-5H,6H2,1H3,(H,10,11)/b8-4+. The van der Waals surface area contributed by atoms with Crippen LogP contribution in [0, 0.1) is 0 Å². The molecule has 0 aliphatic heterocycles. The first-order chi connectivity index (χ1) is 6.24. The SMILES string of the molecule is COC/C(=C\c1ccoc1)C(=O)O. The summed E-state index contributed by atoms with van der Waals surface area (Å²) in [5, 5.41) is 8.72. The van der Waals surface area contributed by atoms with Gasteiger partial charge in [0.2, 0.25) is 0 Å². The van der Waals surface area contributed by atoms with Gasteiger partial charge in [-0.2, -0.15) is 0 Å². The van der Waals surface area contributed by atoms with Crippen LogP contribution in [0.5, 0.6) is 0 Å². The van der Waals surface area contributed by atoms with E-state index in [1.807, 2.05) is 0 Å². The van der Waals surface area contributed by atoms with E-state index in [0.29, 0.717) is 0 Å². The molecule has 0 aliphatic carbocycles. The molecule has 4 heteroatoms. The highest BCUT2D eigenvalue weighted by atomic mass is 16.5. The van der Waals surface area contributed by atoms with Gasteiger partial charge < -0.3 is 14.3 Å². The third-order valence-corrected chi connectivity index (χ3v) is 1.46. The van der Waals surface area contributed by atoms with Crippen molar-refractivity contribution in [2.75, 3.05) is 13.7 Å². The van der Waals surface area contributed by atoms with Crippen LogP contribution >= 0.6 is 0 Å². The van der Waals surface area contributed by atoms with Crippen molar-refractivity contribution in [3.05, 3.63) is 29.7 Å². The second-order valence-corrected chi connectivity index (χ2v) is 2.46. The second-order valence-electron chi connectivity index (χ2n) is 2.46. The fourth-order valence-electron chi connectivity index (χ4n) is 0.879. The smallest absolute Gasteiger partial charge is 0.333 e. The van der Waals surface area contributed by atoms with Crippen LogP contribution in [0.3, 0.4) is 0 Å². The van der Waals surface area contributed by atoms with Crippen LogP contribution in [0.15, 0.2) is 28.6 Å². The highest BCUT2D eigenvalue weighted by Crippen LogP contribution is 2.07. The lowest BCUT2D eigenvalue weighted by Gasteiger charge is -1.98. The zero-order valence-electron chi connectivity index (χ0n) is 7.19. The third-order valence-electron chi connectivity index (χ3n) is 1.46. The van der Waals surface area contributed by atoms with Gasteiger partial charge in [0.25, 0.3) is 0 Å². The molecule has 1 heterocycles. The van der Waals surface area contributed by atoms with Crippen molar-refractivity contribution >= 4 is 12.0 Å². The van der Waals surface area contributed by atoms with Gasteiger partial charge in [0, 0.05) is 12.7 Å². The Balaban J connectivity index is 2.80. The number of methoxy groups -OCH3 is 1. The number of rotatable bonds is 4. The Bertz CT molecular complexity index is 297. The molecule has 0 aliphatic rings. The average molecular weight is 182 g/mol. The van der Waals surface area contributed by atoms with Crippen molar-refractivity contribution in [1.82, 2.24) is 0 Å². The van der Waals surface area contributed by atoms with E-state index >= 15 is 0 Å². The topological polar surface area (TPSA) is 59.7 Å². The number of hydrogen-bond acceptors (Lipinski definition) is 3. The minimum atomic E-state index is -0.983. The van der Waals surface area contributed by atoms with Gasteiger partial charge >= 0.3 is 5.97 Å². The predicted octanol–water partition coefficient (Wildman–Crippen LogP) is 1.39. The van der Waals surface area contributed by atoms with E-state index in [0.717, 1.165) is 5.56 Å².